The maximum absolute atomic E-state index is 5.38. The number of hydrogen-bond donors (Lipinski definition) is 0. The van der Waals surface area contributed by atoms with Gasteiger partial charge in [-0.2, -0.15) is 0 Å². The Morgan fingerprint density at radius 3 is 2.88 bits per heavy atom. The van der Waals surface area contributed by atoms with Gasteiger partial charge in [-0.3, -0.25) is 0 Å². The van der Waals surface area contributed by atoms with Gasteiger partial charge in [-0.15, -0.1) is 16.7 Å². The SMILES string of the molecule is ClCn1cnc(Br)n1. The van der Waals surface area contributed by atoms with Crippen LogP contribution < -0.4 is 0 Å². The highest BCUT2D eigenvalue weighted by Crippen LogP contribution is 1.98. The first-order chi connectivity index (χ1) is 3.83. The Labute approximate surface area is 59.8 Å². The molecule has 0 amide bonds. The van der Waals surface area contributed by atoms with Crippen molar-refractivity contribution in [3.8, 4) is 0 Å². The zero-order valence-electron chi connectivity index (χ0n) is 3.88. The summed E-state index contributed by atoms with van der Waals surface area (Å²) in [6.07, 6.45) is 1.55. The van der Waals surface area contributed by atoms with E-state index in [-0.39, 0.29) is 0 Å². The lowest BCUT2D eigenvalue weighted by Gasteiger charge is -1.84. The van der Waals surface area contributed by atoms with E-state index in [1.54, 1.807) is 6.33 Å². The third-order valence-electron chi connectivity index (χ3n) is 0.631. The molecule has 0 aliphatic heterocycles. The van der Waals surface area contributed by atoms with Crippen molar-refractivity contribution in [2.75, 3.05) is 0 Å². The monoisotopic (exact) mass is 195 g/mol. The maximum Gasteiger partial charge on any atom is 0.217 e. The Hall–Kier alpha value is -0.0900. The molecule has 44 valence electrons. The quantitative estimate of drug-likeness (QED) is 0.633. The fourth-order valence-electron chi connectivity index (χ4n) is 0.330. The predicted molar refractivity (Wildman–Crippen MR) is 33.6 cm³/mol. The highest BCUT2D eigenvalue weighted by atomic mass is 79.9. The molecule has 1 rings (SSSR count). The van der Waals surface area contributed by atoms with Gasteiger partial charge in [-0.05, 0) is 15.9 Å². The average Bonchev–Trinajstić information content (AvgIpc) is 2.14. The van der Waals surface area contributed by atoms with Gasteiger partial charge in [0.15, 0.2) is 0 Å². The standard InChI is InChI=1S/C3H3BrClN3/c4-3-6-2-8(1-5)7-3/h2H,1H2. The molecule has 8 heavy (non-hydrogen) atoms. The molecule has 0 aromatic carbocycles. The Morgan fingerprint density at radius 1 is 1.88 bits per heavy atom. The third-order valence-corrected chi connectivity index (χ3v) is 1.24. The fourth-order valence-corrected chi connectivity index (χ4v) is 0.740. The summed E-state index contributed by atoms with van der Waals surface area (Å²) in [7, 11) is 0. The molecule has 1 aromatic heterocycles. The summed E-state index contributed by atoms with van der Waals surface area (Å²) in [5.41, 5.74) is 0. The average molecular weight is 196 g/mol. The van der Waals surface area contributed by atoms with Crippen LogP contribution in [0.5, 0.6) is 0 Å². The summed E-state index contributed by atoms with van der Waals surface area (Å²) in [6, 6.07) is 0.346. The minimum atomic E-state index is 0.346. The number of rotatable bonds is 1. The van der Waals surface area contributed by atoms with E-state index in [0.717, 1.165) is 0 Å². The third kappa shape index (κ3) is 1.20. The Kier molecular flexibility index (Phi) is 1.85. The Bertz CT molecular complexity index is 175. The van der Waals surface area contributed by atoms with Gasteiger partial charge in [0.1, 0.15) is 12.3 Å². The first kappa shape index (κ1) is 6.04. The van der Waals surface area contributed by atoms with Crippen LogP contribution in [0, 0.1) is 0 Å². The second kappa shape index (κ2) is 2.46. The molecular formula is C3H3BrClN3. The normalized spacial score (nSPS) is 9.75. The van der Waals surface area contributed by atoms with Crippen LogP contribution >= 0.6 is 27.5 Å². The van der Waals surface area contributed by atoms with Crippen LogP contribution in [0.3, 0.4) is 0 Å². The summed E-state index contributed by atoms with van der Waals surface area (Å²) in [4.78, 5) is 3.77. The lowest BCUT2D eigenvalue weighted by molar-refractivity contribution is 0.737. The van der Waals surface area contributed by atoms with Crippen LogP contribution in [0.25, 0.3) is 0 Å². The highest BCUT2D eigenvalue weighted by molar-refractivity contribution is 9.10. The van der Waals surface area contributed by atoms with Crippen LogP contribution in [0.15, 0.2) is 11.1 Å². The van der Waals surface area contributed by atoms with E-state index in [4.69, 9.17) is 11.6 Å². The summed E-state index contributed by atoms with van der Waals surface area (Å²) in [5, 5.41) is 3.82. The van der Waals surface area contributed by atoms with Gasteiger partial charge in [-0.1, -0.05) is 0 Å². The minimum absolute atomic E-state index is 0.346. The molecule has 0 saturated heterocycles. The molecule has 1 aromatic rings. The lowest BCUT2D eigenvalue weighted by Crippen LogP contribution is -1.90. The number of nitrogens with zero attached hydrogens (tertiary/aromatic N) is 3. The summed E-state index contributed by atoms with van der Waals surface area (Å²) >= 11 is 8.45. The van der Waals surface area contributed by atoms with Gasteiger partial charge in [0.25, 0.3) is 0 Å². The molecule has 0 saturated carbocycles. The molecule has 1 heterocycles. The van der Waals surface area contributed by atoms with Gasteiger partial charge in [0.2, 0.25) is 4.73 Å². The molecule has 0 bridgehead atoms. The Balaban J connectivity index is 2.84. The van der Waals surface area contributed by atoms with Crippen molar-refractivity contribution in [1.29, 1.82) is 0 Å². The molecule has 3 nitrogen and oxygen atoms in total. The molecular weight excluding hydrogens is 193 g/mol. The zero-order valence-corrected chi connectivity index (χ0v) is 6.22. The predicted octanol–water partition coefficient (Wildman–Crippen LogP) is 1.24. The summed E-state index contributed by atoms with van der Waals surface area (Å²) in [6.45, 7) is 0. The molecule has 0 fully saturated rings. The van der Waals surface area contributed by atoms with Crippen molar-refractivity contribution in [2.45, 2.75) is 6.00 Å². The van der Waals surface area contributed by atoms with Crippen molar-refractivity contribution in [3.63, 3.8) is 0 Å². The molecule has 0 aliphatic rings. The first-order valence-electron chi connectivity index (χ1n) is 1.94. The molecule has 0 atom stereocenters. The van der Waals surface area contributed by atoms with Crippen molar-refractivity contribution in [1.82, 2.24) is 14.8 Å². The van der Waals surface area contributed by atoms with Crippen LogP contribution in [-0.2, 0) is 6.00 Å². The van der Waals surface area contributed by atoms with E-state index in [9.17, 15) is 0 Å². The molecule has 0 aliphatic carbocycles. The second-order valence-corrected chi connectivity index (χ2v) is 2.12. The molecule has 0 radical (unpaired) electrons. The molecule has 0 N–H and O–H groups in total. The van der Waals surface area contributed by atoms with Crippen LogP contribution in [-0.4, -0.2) is 14.8 Å². The second-order valence-electron chi connectivity index (χ2n) is 1.17. The maximum atomic E-state index is 5.38. The van der Waals surface area contributed by atoms with E-state index >= 15 is 0 Å². The van der Waals surface area contributed by atoms with Crippen molar-refractivity contribution in [3.05, 3.63) is 11.1 Å². The van der Waals surface area contributed by atoms with Crippen molar-refractivity contribution >= 4 is 27.5 Å². The molecule has 0 unspecified atom stereocenters. The largest absolute Gasteiger partial charge is 0.237 e. The van der Waals surface area contributed by atoms with Gasteiger partial charge in [0, 0.05) is 0 Å². The van der Waals surface area contributed by atoms with Crippen LogP contribution in [0.4, 0.5) is 0 Å². The number of hydrogen-bond acceptors (Lipinski definition) is 2. The molecule has 5 heteroatoms. The van der Waals surface area contributed by atoms with Gasteiger partial charge < -0.3 is 0 Å². The van der Waals surface area contributed by atoms with Crippen molar-refractivity contribution in [2.24, 2.45) is 0 Å². The lowest BCUT2D eigenvalue weighted by atomic mass is 11.2. The van der Waals surface area contributed by atoms with Crippen molar-refractivity contribution < 1.29 is 0 Å². The van der Waals surface area contributed by atoms with E-state index in [1.807, 2.05) is 0 Å². The number of halogens is 2. The van der Waals surface area contributed by atoms with E-state index in [1.165, 1.54) is 4.68 Å². The zero-order chi connectivity index (χ0) is 5.98. The van der Waals surface area contributed by atoms with Crippen LogP contribution in [0.2, 0.25) is 0 Å². The Morgan fingerprint density at radius 2 is 2.62 bits per heavy atom. The smallest absolute Gasteiger partial charge is 0.217 e. The summed E-state index contributed by atoms with van der Waals surface area (Å²) in [5.74, 6) is 0. The highest BCUT2D eigenvalue weighted by Gasteiger charge is 1.90. The van der Waals surface area contributed by atoms with E-state index < -0.39 is 0 Å². The minimum Gasteiger partial charge on any atom is -0.237 e. The van der Waals surface area contributed by atoms with Crippen LogP contribution in [0.1, 0.15) is 0 Å². The topological polar surface area (TPSA) is 30.7 Å². The van der Waals surface area contributed by atoms with Gasteiger partial charge in [-0.25, -0.2) is 9.67 Å². The molecule has 0 spiro atoms. The summed E-state index contributed by atoms with van der Waals surface area (Å²) < 4.78 is 2.09. The van der Waals surface area contributed by atoms with E-state index in [2.05, 4.69) is 26.0 Å². The number of alkyl halides is 1. The first-order valence-corrected chi connectivity index (χ1v) is 3.26. The fraction of sp³-hybridized carbons (Fsp3) is 0.333. The van der Waals surface area contributed by atoms with E-state index in [0.29, 0.717) is 10.7 Å². The van der Waals surface area contributed by atoms with Gasteiger partial charge >= 0.3 is 0 Å². The number of aromatic nitrogens is 3. The van der Waals surface area contributed by atoms with Gasteiger partial charge in [0.05, 0.1) is 0 Å².